The Morgan fingerprint density at radius 3 is 2.75 bits per heavy atom. The standard InChI is InChI=1S/C7H8N2O3/c1-2-3-8-4-6(11)9(5-10)7(8)12/h1,4,10-11H,3,5H2. The van der Waals surface area contributed by atoms with Crippen LogP contribution in [-0.2, 0) is 13.3 Å². The lowest BCUT2D eigenvalue weighted by Gasteiger charge is -1.93. The molecule has 0 spiro atoms. The van der Waals surface area contributed by atoms with Crippen molar-refractivity contribution in [3.8, 4) is 18.2 Å². The van der Waals surface area contributed by atoms with Crippen molar-refractivity contribution in [1.29, 1.82) is 0 Å². The van der Waals surface area contributed by atoms with Gasteiger partial charge in [-0.1, -0.05) is 5.92 Å². The number of terminal acetylenes is 1. The van der Waals surface area contributed by atoms with Gasteiger partial charge in [-0.05, 0) is 0 Å². The van der Waals surface area contributed by atoms with Crippen molar-refractivity contribution in [2.24, 2.45) is 0 Å². The zero-order valence-electron chi connectivity index (χ0n) is 6.27. The van der Waals surface area contributed by atoms with Crippen molar-refractivity contribution in [1.82, 2.24) is 9.13 Å². The van der Waals surface area contributed by atoms with Crippen molar-refractivity contribution in [3.63, 3.8) is 0 Å². The summed E-state index contributed by atoms with van der Waals surface area (Å²) in [6.45, 7) is -0.471. The van der Waals surface area contributed by atoms with Crippen LogP contribution in [0.3, 0.4) is 0 Å². The summed E-state index contributed by atoms with van der Waals surface area (Å²) in [6.07, 6.45) is 6.15. The number of imidazole rings is 1. The Balaban J connectivity index is 3.20. The topological polar surface area (TPSA) is 67.4 Å². The van der Waals surface area contributed by atoms with E-state index in [2.05, 4.69) is 5.92 Å². The van der Waals surface area contributed by atoms with Gasteiger partial charge in [-0.2, -0.15) is 0 Å². The SMILES string of the molecule is C#CCn1cc(O)n(CO)c1=O. The number of nitrogens with zero attached hydrogens (tertiary/aromatic N) is 2. The summed E-state index contributed by atoms with van der Waals surface area (Å²) in [6, 6.07) is 0. The molecule has 0 saturated heterocycles. The maximum absolute atomic E-state index is 11.1. The first-order valence-corrected chi connectivity index (χ1v) is 3.24. The number of aromatic hydroxyl groups is 1. The quantitative estimate of drug-likeness (QED) is 0.553. The Kier molecular flexibility index (Phi) is 2.21. The largest absolute Gasteiger partial charge is 0.493 e. The van der Waals surface area contributed by atoms with Crippen molar-refractivity contribution in [2.45, 2.75) is 13.3 Å². The van der Waals surface area contributed by atoms with Crippen LogP contribution in [-0.4, -0.2) is 19.3 Å². The summed E-state index contributed by atoms with van der Waals surface area (Å²) in [4.78, 5) is 11.1. The second-order valence-electron chi connectivity index (χ2n) is 2.17. The Morgan fingerprint density at radius 1 is 1.67 bits per heavy atom. The lowest BCUT2D eigenvalue weighted by atomic mass is 10.6. The van der Waals surface area contributed by atoms with Crippen LogP contribution >= 0.6 is 0 Å². The fraction of sp³-hybridized carbons (Fsp3) is 0.286. The fourth-order valence-corrected chi connectivity index (χ4v) is 0.862. The summed E-state index contributed by atoms with van der Waals surface area (Å²) in [5, 5.41) is 17.7. The molecule has 0 atom stereocenters. The smallest absolute Gasteiger partial charge is 0.333 e. The fourth-order valence-electron chi connectivity index (χ4n) is 0.862. The molecule has 1 aromatic rings. The predicted octanol–water partition coefficient (Wildman–Crippen LogP) is -1.06. The molecule has 12 heavy (non-hydrogen) atoms. The molecule has 0 aromatic carbocycles. The van der Waals surface area contributed by atoms with Crippen molar-refractivity contribution >= 4 is 0 Å². The van der Waals surface area contributed by atoms with E-state index >= 15 is 0 Å². The third-order valence-electron chi connectivity index (χ3n) is 1.43. The lowest BCUT2D eigenvalue weighted by molar-refractivity contribution is 0.192. The van der Waals surface area contributed by atoms with Crippen molar-refractivity contribution in [3.05, 3.63) is 16.7 Å². The molecule has 2 N–H and O–H groups in total. The molecule has 0 unspecified atom stereocenters. The number of hydrogen-bond donors (Lipinski definition) is 2. The Bertz CT molecular complexity index is 369. The molecule has 0 saturated carbocycles. The first kappa shape index (κ1) is 8.43. The molecule has 0 aliphatic carbocycles. The van der Waals surface area contributed by atoms with E-state index in [0.717, 1.165) is 9.13 Å². The van der Waals surface area contributed by atoms with Gasteiger partial charge < -0.3 is 10.2 Å². The lowest BCUT2D eigenvalue weighted by Crippen LogP contribution is -2.23. The summed E-state index contributed by atoms with van der Waals surface area (Å²) in [5.74, 6) is 1.95. The van der Waals surface area contributed by atoms with Gasteiger partial charge in [0.05, 0.1) is 12.7 Å². The molecule has 64 valence electrons. The number of aromatic nitrogens is 2. The molecule has 0 amide bonds. The highest BCUT2D eigenvalue weighted by Gasteiger charge is 2.06. The monoisotopic (exact) mass is 168 g/mol. The minimum absolute atomic E-state index is 0.0827. The van der Waals surface area contributed by atoms with Crippen molar-refractivity contribution in [2.75, 3.05) is 0 Å². The molecule has 1 aromatic heterocycles. The molecule has 1 heterocycles. The van der Waals surface area contributed by atoms with Crippen LogP contribution in [0.1, 0.15) is 0 Å². The Labute approximate surface area is 68.5 Å². The van der Waals surface area contributed by atoms with E-state index in [4.69, 9.17) is 16.6 Å². The minimum atomic E-state index is -0.553. The van der Waals surface area contributed by atoms with Gasteiger partial charge in [0.2, 0.25) is 5.88 Å². The maximum Gasteiger partial charge on any atom is 0.333 e. The third kappa shape index (κ3) is 1.20. The Hall–Kier alpha value is -1.67. The first-order valence-electron chi connectivity index (χ1n) is 3.24. The Morgan fingerprint density at radius 2 is 2.33 bits per heavy atom. The average Bonchev–Trinajstić information content (AvgIpc) is 2.29. The zero-order valence-corrected chi connectivity index (χ0v) is 6.27. The molecule has 5 nitrogen and oxygen atoms in total. The number of aliphatic hydroxyl groups is 1. The van der Waals surface area contributed by atoms with Crippen LogP contribution in [0.2, 0.25) is 0 Å². The van der Waals surface area contributed by atoms with E-state index in [1.54, 1.807) is 0 Å². The highest BCUT2D eigenvalue weighted by molar-refractivity contribution is 5.06. The number of hydrogen-bond acceptors (Lipinski definition) is 3. The second kappa shape index (κ2) is 3.15. The van der Waals surface area contributed by atoms with Gasteiger partial charge in [-0.25, -0.2) is 9.36 Å². The van der Waals surface area contributed by atoms with E-state index in [-0.39, 0.29) is 12.4 Å². The molecule has 0 bridgehead atoms. The zero-order chi connectivity index (χ0) is 9.14. The van der Waals surface area contributed by atoms with Gasteiger partial charge in [0, 0.05) is 0 Å². The molecular formula is C7H8N2O3. The highest BCUT2D eigenvalue weighted by atomic mass is 16.3. The van der Waals surface area contributed by atoms with E-state index in [1.807, 2.05) is 0 Å². The van der Waals surface area contributed by atoms with E-state index in [0.29, 0.717) is 0 Å². The van der Waals surface area contributed by atoms with Crippen LogP contribution in [0.25, 0.3) is 0 Å². The van der Waals surface area contributed by atoms with Gasteiger partial charge in [0.15, 0.2) is 0 Å². The third-order valence-corrected chi connectivity index (χ3v) is 1.43. The van der Waals surface area contributed by atoms with E-state index < -0.39 is 12.4 Å². The van der Waals surface area contributed by atoms with Gasteiger partial charge in [0.1, 0.15) is 6.73 Å². The van der Waals surface area contributed by atoms with E-state index in [1.165, 1.54) is 6.20 Å². The summed E-state index contributed by atoms with van der Waals surface area (Å²) in [5.41, 5.74) is -0.520. The van der Waals surface area contributed by atoms with Gasteiger partial charge in [0.25, 0.3) is 0 Å². The summed E-state index contributed by atoms with van der Waals surface area (Å²) in [7, 11) is 0. The van der Waals surface area contributed by atoms with Crippen LogP contribution < -0.4 is 5.69 Å². The van der Waals surface area contributed by atoms with Crippen LogP contribution in [0, 0.1) is 12.3 Å². The van der Waals surface area contributed by atoms with Crippen LogP contribution in [0.15, 0.2) is 11.0 Å². The molecule has 0 radical (unpaired) electrons. The molecule has 0 aliphatic rings. The molecular weight excluding hydrogens is 160 g/mol. The van der Waals surface area contributed by atoms with Crippen molar-refractivity contribution < 1.29 is 10.2 Å². The predicted molar refractivity (Wildman–Crippen MR) is 41.4 cm³/mol. The summed E-state index contributed by atoms with van der Waals surface area (Å²) >= 11 is 0. The van der Waals surface area contributed by atoms with Crippen LogP contribution in [0.5, 0.6) is 5.88 Å². The van der Waals surface area contributed by atoms with Gasteiger partial charge >= 0.3 is 5.69 Å². The molecule has 0 aliphatic heterocycles. The molecule has 0 fully saturated rings. The minimum Gasteiger partial charge on any atom is -0.493 e. The summed E-state index contributed by atoms with van der Waals surface area (Å²) < 4.78 is 1.93. The highest BCUT2D eigenvalue weighted by Crippen LogP contribution is 2.03. The number of aliphatic hydroxyl groups excluding tert-OH is 1. The van der Waals surface area contributed by atoms with Gasteiger partial charge in [-0.15, -0.1) is 6.42 Å². The van der Waals surface area contributed by atoms with Crippen LogP contribution in [0.4, 0.5) is 0 Å². The van der Waals surface area contributed by atoms with Gasteiger partial charge in [-0.3, -0.25) is 4.57 Å². The second-order valence-corrected chi connectivity index (χ2v) is 2.17. The first-order chi connectivity index (χ1) is 5.70. The molecule has 1 rings (SSSR count). The van der Waals surface area contributed by atoms with E-state index in [9.17, 15) is 4.79 Å². The average molecular weight is 168 g/mol. The number of rotatable bonds is 2. The normalized spacial score (nSPS) is 9.67. The maximum atomic E-state index is 11.1. The molecule has 5 heteroatoms.